The predicted octanol–water partition coefficient (Wildman–Crippen LogP) is 2.94. The molecule has 0 saturated heterocycles. The molecule has 0 unspecified atom stereocenters. The number of carbonyl (C=O) groups excluding carboxylic acids is 2. The second-order valence-corrected chi connectivity index (χ2v) is 5.90. The molecule has 0 aromatic heterocycles. The van der Waals surface area contributed by atoms with E-state index in [0.717, 1.165) is 12.0 Å². The summed E-state index contributed by atoms with van der Waals surface area (Å²) in [4.78, 5) is 23.8. The molecule has 0 radical (unpaired) electrons. The third kappa shape index (κ3) is 5.88. The quantitative estimate of drug-likeness (QED) is 0.748. The van der Waals surface area contributed by atoms with Gasteiger partial charge in [-0.05, 0) is 43.0 Å². The molecule has 0 heterocycles. The van der Waals surface area contributed by atoms with Gasteiger partial charge in [0.15, 0.2) is 17.7 Å². The maximum absolute atomic E-state index is 13.5. The summed E-state index contributed by atoms with van der Waals surface area (Å²) in [6.07, 6.45) is 0.843. The minimum atomic E-state index is -0.950. The molecule has 2 amide bonds. The molecule has 5 nitrogen and oxygen atoms in total. The topological polar surface area (TPSA) is 67.4 Å². The smallest absolute Gasteiger partial charge is 0.279 e. The van der Waals surface area contributed by atoms with E-state index in [1.807, 2.05) is 24.3 Å². The van der Waals surface area contributed by atoms with Crippen LogP contribution in [0.4, 0.5) is 4.39 Å². The van der Waals surface area contributed by atoms with Crippen molar-refractivity contribution in [1.29, 1.82) is 0 Å². The number of amides is 2. The Kier molecular flexibility index (Phi) is 7.14. The molecule has 1 atom stereocenters. The van der Waals surface area contributed by atoms with Crippen LogP contribution in [0.15, 0.2) is 48.5 Å². The van der Waals surface area contributed by atoms with E-state index in [9.17, 15) is 14.0 Å². The first-order valence-electron chi connectivity index (χ1n) is 8.57. The number of hydrazine groups is 1. The molecule has 0 spiro atoms. The summed E-state index contributed by atoms with van der Waals surface area (Å²) in [7, 11) is 0. The molecule has 0 bridgehead atoms. The molecule has 0 aliphatic carbocycles. The Balaban J connectivity index is 1.73. The Hall–Kier alpha value is -2.89. The summed E-state index contributed by atoms with van der Waals surface area (Å²) in [5, 5.41) is 0. The highest BCUT2D eigenvalue weighted by atomic mass is 19.1. The van der Waals surface area contributed by atoms with Gasteiger partial charge >= 0.3 is 0 Å². The first kappa shape index (κ1) is 19.4. The number of halogens is 1. The van der Waals surface area contributed by atoms with Gasteiger partial charge in [0.25, 0.3) is 5.91 Å². The number of nitrogens with one attached hydrogen (secondary N) is 2. The first-order chi connectivity index (χ1) is 12.5. The van der Waals surface area contributed by atoms with Crippen LogP contribution in [0.3, 0.4) is 0 Å². The van der Waals surface area contributed by atoms with Crippen LogP contribution < -0.4 is 15.6 Å². The van der Waals surface area contributed by atoms with Gasteiger partial charge in [0, 0.05) is 6.42 Å². The Labute approximate surface area is 152 Å². The zero-order valence-corrected chi connectivity index (χ0v) is 14.9. The fourth-order valence-corrected chi connectivity index (χ4v) is 2.28. The maximum atomic E-state index is 13.5. The fourth-order valence-electron chi connectivity index (χ4n) is 2.28. The van der Waals surface area contributed by atoms with Crippen molar-refractivity contribution >= 4 is 11.8 Å². The Bertz CT molecular complexity index is 747. The average Bonchev–Trinajstić information content (AvgIpc) is 2.66. The zero-order valence-electron chi connectivity index (χ0n) is 14.9. The number of aryl methyl sites for hydroxylation is 2. The highest BCUT2D eigenvalue weighted by molar-refractivity contribution is 5.84. The van der Waals surface area contributed by atoms with Crippen LogP contribution in [0.5, 0.6) is 5.75 Å². The lowest BCUT2D eigenvalue weighted by Gasteiger charge is -2.15. The van der Waals surface area contributed by atoms with Gasteiger partial charge in [-0.3, -0.25) is 20.4 Å². The molecule has 0 saturated carbocycles. The highest BCUT2D eigenvalue weighted by Gasteiger charge is 2.17. The van der Waals surface area contributed by atoms with Gasteiger partial charge in [-0.2, -0.15) is 0 Å². The molecular formula is C20H23FN2O3. The lowest BCUT2D eigenvalue weighted by atomic mass is 10.1. The third-order valence-corrected chi connectivity index (χ3v) is 3.91. The highest BCUT2D eigenvalue weighted by Crippen LogP contribution is 2.16. The minimum absolute atomic E-state index is 0.0167. The monoisotopic (exact) mass is 358 g/mol. The Morgan fingerprint density at radius 3 is 2.35 bits per heavy atom. The van der Waals surface area contributed by atoms with Crippen molar-refractivity contribution in [2.75, 3.05) is 0 Å². The molecule has 26 heavy (non-hydrogen) atoms. The predicted molar refractivity (Wildman–Crippen MR) is 96.9 cm³/mol. The molecule has 2 rings (SSSR count). The summed E-state index contributed by atoms with van der Waals surface area (Å²) in [5.74, 6) is -1.44. The summed E-state index contributed by atoms with van der Waals surface area (Å²) >= 11 is 0. The van der Waals surface area contributed by atoms with Crippen LogP contribution in [0.2, 0.25) is 0 Å². The first-order valence-corrected chi connectivity index (χ1v) is 8.57. The van der Waals surface area contributed by atoms with Crippen molar-refractivity contribution in [2.45, 2.75) is 39.2 Å². The van der Waals surface area contributed by atoms with Crippen LogP contribution in [0.25, 0.3) is 0 Å². The summed E-state index contributed by atoms with van der Waals surface area (Å²) < 4.78 is 18.8. The van der Waals surface area contributed by atoms with Crippen LogP contribution in [-0.4, -0.2) is 17.9 Å². The van der Waals surface area contributed by atoms with Gasteiger partial charge in [0.1, 0.15) is 0 Å². The van der Waals surface area contributed by atoms with Gasteiger partial charge in [0.2, 0.25) is 5.91 Å². The second kappa shape index (κ2) is 9.56. The summed E-state index contributed by atoms with van der Waals surface area (Å²) in [5.41, 5.74) is 6.94. The number of benzene rings is 2. The molecule has 0 aliphatic heterocycles. The lowest BCUT2D eigenvalue weighted by molar-refractivity contribution is -0.132. The Morgan fingerprint density at radius 2 is 1.69 bits per heavy atom. The maximum Gasteiger partial charge on any atom is 0.279 e. The van der Waals surface area contributed by atoms with Gasteiger partial charge in [-0.15, -0.1) is 0 Å². The molecule has 6 heteroatoms. The molecule has 2 N–H and O–H groups in total. The standard InChI is InChI=1S/C20H23FN2O3/c1-3-15-8-10-16(11-9-15)12-13-19(24)22-23-20(25)14(2)26-18-7-5-4-6-17(18)21/h4-11,14H,3,12-13H2,1-2H3,(H,22,24)(H,23,25)/t14-/m1/s1. The third-order valence-electron chi connectivity index (χ3n) is 3.91. The summed E-state index contributed by atoms with van der Waals surface area (Å²) in [6.45, 7) is 3.56. The zero-order chi connectivity index (χ0) is 18.9. The van der Waals surface area contributed by atoms with Crippen molar-refractivity contribution in [3.8, 4) is 5.75 Å². The van der Waals surface area contributed by atoms with Crippen LogP contribution >= 0.6 is 0 Å². The minimum Gasteiger partial charge on any atom is -0.478 e. The van der Waals surface area contributed by atoms with E-state index in [1.54, 1.807) is 6.07 Å². The van der Waals surface area contributed by atoms with Crippen LogP contribution in [0, 0.1) is 5.82 Å². The normalized spacial score (nSPS) is 11.5. The lowest BCUT2D eigenvalue weighted by Crippen LogP contribution is -2.47. The fraction of sp³-hybridized carbons (Fsp3) is 0.300. The van der Waals surface area contributed by atoms with Crippen molar-refractivity contribution in [3.05, 3.63) is 65.5 Å². The van der Waals surface area contributed by atoms with Crippen LogP contribution in [-0.2, 0) is 22.4 Å². The number of hydrogen-bond donors (Lipinski definition) is 2. The van der Waals surface area contributed by atoms with Gasteiger partial charge in [-0.1, -0.05) is 43.3 Å². The number of para-hydroxylation sites is 1. The second-order valence-electron chi connectivity index (χ2n) is 5.90. The number of hydrogen-bond acceptors (Lipinski definition) is 3. The van der Waals surface area contributed by atoms with E-state index in [-0.39, 0.29) is 18.1 Å². The van der Waals surface area contributed by atoms with Crippen molar-refractivity contribution in [1.82, 2.24) is 10.9 Å². The molecule has 0 fully saturated rings. The number of carbonyl (C=O) groups is 2. The number of ether oxygens (including phenoxy) is 1. The molecule has 138 valence electrons. The largest absolute Gasteiger partial charge is 0.478 e. The average molecular weight is 358 g/mol. The van der Waals surface area contributed by atoms with Gasteiger partial charge in [-0.25, -0.2) is 4.39 Å². The van der Waals surface area contributed by atoms with Crippen molar-refractivity contribution < 1.29 is 18.7 Å². The molecule has 2 aromatic carbocycles. The van der Waals surface area contributed by atoms with Crippen LogP contribution in [0.1, 0.15) is 31.4 Å². The van der Waals surface area contributed by atoms with Crippen molar-refractivity contribution in [3.63, 3.8) is 0 Å². The van der Waals surface area contributed by atoms with Gasteiger partial charge < -0.3 is 4.74 Å². The molecular weight excluding hydrogens is 335 g/mol. The van der Waals surface area contributed by atoms with E-state index in [0.29, 0.717) is 6.42 Å². The molecule has 0 aliphatic rings. The summed E-state index contributed by atoms with van der Waals surface area (Å²) in [6, 6.07) is 13.9. The van der Waals surface area contributed by atoms with Crippen molar-refractivity contribution in [2.24, 2.45) is 0 Å². The van der Waals surface area contributed by atoms with E-state index in [4.69, 9.17) is 4.74 Å². The van der Waals surface area contributed by atoms with E-state index in [2.05, 4.69) is 17.8 Å². The Morgan fingerprint density at radius 1 is 1.04 bits per heavy atom. The SMILES string of the molecule is CCc1ccc(CCC(=O)NNC(=O)[C@@H](C)Oc2ccccc2F)cc1. The van der Waals surface area contributed by atoms with E-state index >= 15 is 0 Å². The molecule has 2 aromatic rings. The van der Waals surface area contributed by atoms with Gasteiger partial charge in [0.05, 0.1) is 0 Å². The van der Waals surface area contributed by atoms with E-state index < -0.39 is 17.8 Å². The van der Waals surface area contributed by atoms with E-state index in [1.165, 1.54) is 30.7 Å². The number of rotatable bonds is 7.